The third-order valence-electron chi connectivity index (χ3n) is 2.51. The molecule has 5 heteroatoms. The maximum Gasteiger partial charge on any atom is 0.208 e. The average molecular weight is 220 g/mol. The summed E-state index contributed by atoms with van der Waals surface area (Å²) in [6, 6.07) is 0.591. The van der Waals surface area contributed by atoms with Crippen molar-refractivity contribution < 1.29 is 8.42 Å². The summed E-state index contributed by atoms with van der Waals surface area (Å²) >= 11 is 0. The SMILES string of the molecule is CC(NCCCNS(C)(=O)=O)C1CC1. The molecule has 0 radical (unpaired) electrons. The van der Waals surface area contributed by atoms with Crippen molar-refractivity contribution in [2.75, 3.05) is 19.3 Å². The van der Waals surface area contributed by atoms with Gasteiger partial charge in [-0.3, -0.25) is 0 Å². The molecular formula is C9H20N2O2S. The van der Waals surface area contributed by atoms with Gasteiger partial charge in [0.2, 0.25) is 10.0 Å². The quantitative estimate of drug-likeness (QED) is 0.607. The molecule has 0 aromatic rings. The van der Waals surface area contributed by atoms with Gasteiger partial charge in [-0.15, -0.1) is 0 Å². The van der Waals surface area contributed by atoms with Crippen LogP contribution >= 0.6 is 0 Å². The number of sulfonamides is 1. The van der Waals surface area contributed by atoms with Crippen molar-refractivity contribution >= 4 is 10.0 Å². The Kier molecular flexibility index (Phi) is 4.34. The van der Waals surface area contributed by atoms with Gasteiger partial charge < -0.3 is 5.32 Å². The minimum Gasteiger partial charge on any atom is -0.314 e. The van der Waals surface area contributed by atoms with Crippen molar-refractivity contribution in [3.63, 3.8) is 0 Å². The predicted molar refractivity (Wildman–Crippen MR) is 57.7 cm³/mol. The highest BCUT2D eigenvalue weighted by Crippen LogP contribution is 2.32. The average Bonchev–Trinajstić information content (AvgIpc) is 2.83. The van der Waals surface area contributed by atoms with Crippen LogP contribution in [0.3, 0.4) is 0 Å². The van der Waals surface area contributed by atoms with Crippen LogP contribution in [0.15, 0.2) is 0 Å². The molecule has 1 aliphatic rings. The molecule has 4 nitrogen and oxygen atoms in total. The van der Waals surface area contributed by atoms with E-state index in [1.165, 1.54) is 19.1 Å². The van der Waals surface area contributed by atoms with Crippen LogP contribution in [0.1, 0.15) is 26.2 Å². The second kappa shape index (κ2) is 5.09. The molecule has 0 spiro atoms. The zero-order valence-corrected chi connectivity index (χ0v) is 9.73. The van der Waals surface area contributed by atoms with Crippen LogP contribution in [0.2, 0.25) is 0 Å². The molecule has 14 heavy (non-hydrogen) atoms. The second-order valence-corrected chi connectivity index (χ2v) is 5.93. The van der Waals surface area contributed by atoms with E-state index in [1.807, 2.05) is 0 Å². The summed E-state index contributed by atoms with van der Waals surface area (Å²) in [5.41, 5.74) is 0. The number of rotatable bonds is 7. The summed E-state index contributed by atoms with van der Waals surface area (Å²) in [7, 11) is -3.01. The summed E-state index contributed by atoms with van der Waals surface area (Å²) in [6.07, 6.45) is 4.73. The maximum atomic E-state index is 10.7. The highest BCUT2D eigenvalue weighted by molar-refractivity contribution is 7.88. The van der Waals surface area contributed by atoms with E-state index in [4.69, 9.17) is 0 Å². The molecule has 2 N–H and O–H groups in total. The predicted octanol–water partition coefficient (Wildman–Crippen LogP) is 0.314. The first-order chi connectivity index (χ1) is 6.49. The lowest BCUT2D eigenvalue weighted by atomic mass is 10.2. The highest BCUT2D eigenvalue weighted by Gasteiger charge is 2.26. The fourth-order valence-electron chi connectivity index (χ4n) is 1.44. The van der Waals surface area contributed by atoms with Gasteiger partial charge in [-0.1, -0.05) is 0 Å². The number of hydrogen-bond donors (Lipinski definition) is 2. The van der Waals surface area contributed by atoms with E-state index in [0.717, 1.165) is 18.9 Å². The van der Waals surface area contributed by atoms with Crippen LogP contribution in [0.5, 0.6) is 0 Å². The van der Waals surface area contributed by atoms with E-state index >= 15 is 0 Å². The van der Waals surface area contributed by atoms with Gasteiger partial charge in [0.1, 0.15) is 0 Å². The summed E-state index contributed by atoms with van der Waals surface area (Å²) < 4.78 is 23.9. The van der Waals surface area contributed by atoms with E-state index in [0.29, 0.717) is 12.6 Å². The Balaban J connectivity index is 1.93. The molecule has 1 saturated carbocycles. The molecule has 1 atom stereocenters. The first-order valence-corrected chi connectivity index (χ1v) is 7.06. The fraction of sp³-hybridized carbons (Fsp3) is 1.00. The summed E-state index contributed by atoms with van der Waals surface area (Å²) in [6.45, 7) is 3.62. The zero-order valence-electron chi connectivity index (χ0n) is 8.91. The van der Waals surface area contributed by atoms with Crippen LogP contribution < -0.4 is 10.0 Å². The molecule has 1 unspecified atom stereocenters. The number of nitrogens with one attached hydrogen (secondary N) is 2. The third kappa shape index (κ3) is 5.57. The summed E-state index contributed by atoms with van der Waals surface area (Å²) in [4.78, 5) is 0. The van der Waals surface area contributed by atoms with Gasteiger partial charge in [0, 0.05) is 12.6 Å². The van der Waals surface area contributed by atoms with Crippen molar-refractivity contribution in [1.82, 2.24) is 10.0 Å². The lowest BCUT2D eigenvalue weighted by Gasteiger charge is -2.12. The second-order valence-electron chi connectivity index (χ2n) is 4.10. The topological polar surface area (TPSA) is 58.2 Å². The van der Waals surface area contributed by atoms with Gasteiger partial charge in [0.05, 0.1) is 6.26 Å². The van der Waals surface area contributed by atoms with Crippen LogP contribution in [0, 0.1) is 5.92 Å². The summed E-state index contributed by atoms with van der Waals surface area (Å²) in [5.74, 6) is 0.859. The first-order valence-electron chi connectivity index (χ1n) is 5.17. The largest absolute Gasteiger partial charge is 0.314 e. The van der Waals surface area contributed by atoms with E-state index in [9.17, 15) is 8.42 Å². The molecule has 0 aromatic heterocycles. The van der Waals surface area contributed by atoms with Crippen molar-refractivity contribution in [1.29, 1.82) is 0 Å². The molecule has 1 aliphatic carbocycles. The maximum absolute atomic E-state index is 10.7. The molecule has 84 valence electrons. The lowest BCUT2D eigenvalue weighted by Crippen LogP contribution is -2.31. The standard InChI is InChI=1S/C9H20N2O2S/c1-8(9-4-5-9)10-6-3-7-11-14(2,12)13/h8-11H,3-7H2,1-2H3. The first kappa shape index (κ1) is 11.9. The Morgan fingerprint density at radius 1 is 1.36 bits per heavy atom. The minimum absolute atomic E-state index is 0.531. The highest BCUT2D eigenvalue weighted by atomic mass is 32.2. The third-order valence-corrected chi connectivity index (χ3v) is 3.24. The van der Waals surface area contributed by atoms with Crippen molar-refractivity contribution in [3.05, 3.63) is 0 Å². The smallest absolute Gasteiger partial charge is 0.208 e. The van der Waals surface area contributed by atoms with Crippen LogP contribution in [0.25, 0.3) is 0 Å². The monoisotopic (exact) mass is 220 g/mol. The van der Waals surface area contributed by atoms with E-state index < -0.39 is 10.0 Å². The van der Waals surface area contributed by atoms with E-state index in [-0.39, 0.29) is 0 Å². The van der Waals surface area contributed by atoms with Gasteiger partial charge in [0.25, 0.3) is 0 Å². The molecular weight excluding hydrogens is 200 g/mol. The minimum atomic E-state index is -3.01. The summed E-state index contributed by atoms with van der Waals surface area (Å²) in [5, 5.41) is 3.40. The van der Waals surface area contributed by atoms with E-state index in [2.05, 4.69) is 17.0 Å². The molecule has 0 heterocycles. The normalized spacial score (nSPS) is 19.6. The molecule has 0 bridgehead atoms. The van der Waals surface area contributed by atoms with Gasteiger partial charge in [0.15, 0.2) is 0 Å². The lowest BCUT2D eigenvalue weighted by molar-refractivity contribution is 0.488. The Hall–Kier alpha value is -0.130. The van der Waals surface area contributed by atoms with Crippen LogP contribution in [0.4, 0.5) is 0 Å². The van der Waals surface area contributed by atoms with Crippen molar-refractivity contribution in [2.45, 2.75) is 32.2 Å². The van der Waals surface area contributed by atoms with Crippen LogP contribution in [-0.4, -0.2) is 33.8 Å². The van der Waals surface area contributed by atoms with Gasteiger partial charge >= 0.3 is 0 Å². The Morgan fingerprint density at radius 2 is 2.00 bits per heavy atom. The molecule has 0 saturated heterocycles. The Morgan fingerprint density at radius 3 is 2.50 bits per heavy atom. The molecule has 0 aromatic carbocycles. The fourth-order valence-corrected chi connectivity index (χ4v) is 1.95. The molecule has 0 amide bonds. The van der Waals surface area contributed by atoms with Crippen molar-refractivity contribution in [3.8, 4) is 0 Å². The number of hydrogen-bond acceptors (Lipinski definition) is 3. The molecule has 1 fully saturated rings. The van der Waals surface area contributed by atoms with Crippen LogP contribution in [-0.2, 0) is 10.0 Å². The van der Waals surface area contributed by atoms with Gasteiger partial charge in [-0.2, -0.15) is 0 Å². The van der Waals surface area contributed by atoms with E-state index in [1.54, 1.807) is 0 Å². The molecule has 1 rings (SSSR count). The van der Waals surface area contributed by atoms with Gasteiger partial charge in [-0.25, -0.2) is 13.1 Å². The zero-order chi connectivity index (χ0) is 10.6. The Labute approximate surface area is 86.5 Å². The Bertz CT molecular complexity index is 260. The van der Waals surface area contributed by atoms with Gasteiger partial charge in [-0.05, 0) is 38.6 Å². The van der Waals surface area contributed by atoms with Crippen molar-refractivity contribution in [2.24, 2.45) is 5.92 Å². The molecule has 0 aliphatic heterocycles.